The van der Waals surface area contributed by atoms with E-state index in [2.05, 4.69) is 10.0 Å². The van der Waals surface area contributed by atoms with Crippen molar-refractivity contribution < 1.29 is 31.4 Å². The van der Waals surface area contributed by atoms with E-state index in [4.69, 9.17) is 21.1 Å². The number of hydrogen-bond acceptors (Lipinski definition) is 8. The molecule has 2 fully saturated rings. The van der Waals surface area contributed by atoms with Crippen LogP contribution < -0.4 is 14.8 Å². The van der Waals surface area contributed by atoms with E-state index in [0.29, 0.717) is 49.7 Å². The van der Waals surface area contributed by atoms with E-state index in [-0.39, 0.29) is 29.0 Å². The second-order valence-electron chi connectivity index (χ2n) is 10.5. The molecule has 2 aliphatic rings. The van der Waals surface area contributed by atoms with Crippen molar-refractivity contribution in [1.82, 2.24) is 14.3 Å². The Labute approximate surface area is 245 Å². The van der Waals surface area contributed by atoms with Gasteiger partial charge < -0.3 is 19.9 Å². The van der Waals surface area contributed by atoms with Gasteiger partial charge in [0, 0.05) is 42.2 Å². The molecule has 10 nitrogen and oxygen atoms in total. The first kappa shape index (κ1) is 30.2. The van der Waals surface area contributed by atoms with Crippen LogP contribution >= 0.6 is 11.6 Å². The molecule has 3 aromatic rings. The highest BCUT2D eigenvalue weighted by atomic mass is 35.5. The molecule has 3 aromatic carbocycles. The van der Waals surface area contributed by atoms with Crippen LogP contribution in [-0.4, -0.2) is 83.9 Å². The number of nitrogens with one attached hydrogen (secondary N) is 2. The minimum absolute atomic E-state index is 0.0113. The third kappa shape index (κ3) is 6.70. The Morgan fingerprint density at radius 2 is 1.83 bits per heavy atom. The number of piperidine rings is 1. The number of aliphatic hydroxyl groups is 1. The van der Waals surface area contributed by atoms with Crippen LogP contribution in [0.5, 0.6) is 5.75 Å². The molecule has 0 amide bonds. The van der Waals surface area contributed by atoms with Crippen LogP contribution in [0, 0.1) is 0 Å². The number of fused-ring (bicyclic) bond motifs is 1. The summed E-state index contributed by atoms with van der Waals surface area (Å²) in [6.45, 7) is 1.45. The molecule has 5 rings (SSSR count). The van der Waals surface area contributed by atoms with Gasteiger partial charge >= 0.3 is 0 Å². The fourth-order valence-corrected chi connectivity index (χ4v) is 7.88. The third-order valence-electron chi connectivity index (χ3n) is 7.75. The molecule has 41 heavy (non-hydrogen) atoms. The van der Waals surface area contributed by atoms with Crippen molar-refractivity contribution in [3.63, 3.8) is 0 Å². The average molecular weight is 624 g/mol. The normalized spacial score (nSPS) is 20.4. The minimum Gasteiger partial charge on any atom is -0.491 e. The standard InChI is InChI=1S/C28H34ClN3O7S2/c1-30-40(34,35)24-6-3-5-23(15-24)38-19-22(33)17-31-21-16-28(39-18-21)10-12-32(13-11-28)41(36,37)25-8-9-26-20(14-25)4-2-7-27(26)29/h2-9,14-15,21-22,30-31,33H,10-13,16-19H2,1H3. The first-order valence-electron chi connectivity index (χ1n) is 13.4. The molecular formula is C28H34ClN3O7S2. The molecular weight excluding hydrogens is 590 g/mol. The average Bonchev–Trinajstić information content (AvgIpc) is 3.37. The zero-order valence-corrected chi connectivity index (χ0v) is 25.0. The van der Waals surface area contributed by atoms with Crippen LogP contribution in [0.4, 0.5) is 0 Å². The number of nitrogens with zero attached hydrogens (tertiary/aromatic N) is 1. The smallest absolute Gasteiger partial charge is 0.243 e. The Balaban J connectivity index is 1.10. The molecule has 0 aliphatic carbocycles. The highest BCUT2D eigenvalue weighted by Gasteiger charge is 2.44. The molecule has 0 bridgehead atoms. The number of benzene rings is 3. The summed E-state index contributed by atoms with van der Waals surface area (Å²) in [5, 5.41) is 15.9. The lowest BCUT2D eigenvalue weighted by Gasteiger charge is -2.38. The van der Waals surface area contributed by atoms with Crippen molar-refractivity contribution in [3.8, 4) is 5.75 Å². The highest BCUT2D eigenvalue weighted by molar-refractivity contribution is 7.89. The Morgan fingerprint density at radius 3 is 2.59 bits per heavy atom. The fourth-order valence-electron chi connectivity index (χ4n) is 5.39. The first-order chi connectivity index (χ1) is 19.5. The van der Waals surface area contributed by atoms with E-state index < -0.39 is 31.8 Å². The molecule has 2 saturated heterocycles. The van der Waals surface area contributed by atoms with E-state index in [0.717, 1.165) is 10.8 Å². The summed E-state index contributed by atoms with van der Waals surface area (Å²) in [5.41, 5.74) is -0.401. The third-order valence-corrected chi connectivity index (χ3v) is 11.4. The molecule has 222 valence electrons. The van der Waals surface area contributed by atoms with Crippen LogP contribution in [0.3, 0.4) is 0 Å². The van der Waals surface area contributed by atoms with Gasteiger partial charge in [-0.15, -0.1) is 0 Å². The van der Waals surface area contributed by atoms with Crippen LogP contribution in [-0.2, 0) is 24.8 Å². The minimum atomic E-state index is -3.65. The Morgan fingerprint density at radius 1 is 1.07 bits per heavy atom. The van der Waals surface area contributed by atoms with Crippen LogP contribution in [0.1, 0.15) is 19.3 Å². The molecule has 2 heterocycles. The largest absolute Gasteiger partial charge is 0.491 e. The second-order valence-corrected chi connectivity index (χ2v) is 14.7. The maximum absolute atomic E-state index is 13.4. The van der Waals surface area contributed by atoms with Gasteiger partial charge in [-0.2, -0.15) is 4.31 Å². The predicted molar refractivity (Wildman–Crippen MR) is 156 cm³/mol. The quantitative estimate of drug-likeness (QED) is 0.314. The molecule has 2 atom stereocenters. The van der Waals surface area contributed by atoms with Crippen LogP contribution in [0.15, 0.2) is 70.5 Å². The van der Waals surface area contributed by atoms with E-state index in [1.54, 1.807) is 42.5 Å². The Hall–Kier alpha value is -2.29. The fraction of sp³-hybridized carbons (Fsp3) is 0.429. The van der Waals surface area contributed by atoms with Gasteiger partial charge in [-0.25, -0.2) is 21.6 Å². The summed E-state index contributed by atoms with van der Waals surface area (Å²) in [6.07, 6.45) is 1.06. The summed E-state index contributed by atoms with van der Waals surface area (Å²) < 4.78 is 66.3. The molecule has 0 saturated carbocycles. The van der Waals surface area contributed by atoms with E-state index >= 15 is 0 Å². The van der Waals surface area contributed by atoms with Crippen molar-refractivity contribution in [2.75, 3.05) is 39.9 Å². The van der Waals surface area contributed by atoms with E-state index in [1.807, 2.05) is 6.07 Å². The van der Waals surface area contributed by atoms with Crippen molar-refractivity contribution in [2.45, 2.75) is 46.8 Å². The molecule has 0 radical (unpaired) electrons. The summed E-state index contributed by atoms with van der Waals surface area (Å²) in [4.78, 5) is 0.334. The van der Waals surface area contributed by atoms with Crippen LogP contribution in [0.25, 0.3) is 10.8 Å². The summed E-state index contributed by atoms with van der Waals surface area (Å²) in [6, 6.07) is 16.6. The number of ether oxygens (including phenoxy) is 2. The van der Waals surface area contributed by atoms with Gasteiger partial charge in [0.05, 0.1) is 22.0 Å². The van der Waals surface area contributed by atoms with E-state index in [9.17, 15) is 21.9 Å². The summed E-state index contributed by atoms with van der Waals surface area (Å²) >= 11 is 6.24. The second kappa shape index (κ2) is 12.1. The molecule has 3 N–H and O–H groups in total. The lowest BCUT2D eigenvalue weighted by atomic mass is 9.88. The number of rotatable bonds is 10. The van der Waals surface area contributed by atoms with Gasteiger partial charge in [-0.1, -0.05) is 35.9 Å². The number of halogens is 1. The Kier molecular flexibility index (Phi) is 8.93. The predicted octanol–water partition coefficient (Wildman–Crippen LogP) is 2.74. The zero-order chi connectivity index (χ0) is 29.3. The van der Waals surface area contributed by atoms with Gasteiger partial charge in [-0.3, -0.25) is 0 Å². The lowest BCUT2D eigenvalue weighted by molar-refractivity contribution is -0.0312. The molecule has 1 spiro atoms. The lowest BCUT2D eigenvalue weighted by Crippen LogP contribution is -2.47. The Bertz CT molecular complexity index is 1610. The molecule has 2 unspecified atom stereocenters. The summed E-state index contributed by atoms with van der Waals surface area (Å²) in [7, 11) is -5.91. The summed E-state index contributed by atoms with van der Waals surface area (Å²) in [5.74, 6) is 0.345. The maximum atomic E-state index is 13.4. The first-order valence-corrected chi connectivity index (χ1v) is 16.7. The van der Waals surface area contributed by atoms with Crippen molar-refractivity contribution in [3.05, 3.63) is 65.7 Å². The zero-order valence-electron chi connectivity index (χ0n) is 22.6. The number of aliphatic hydroxyl groups excluding tert-OH is 1. The van der Waals surface area contributed by atoms with Gasteiger partial charge in [0.1, 0.15) is 18.5 Å². The number of sulfonamides is 2. The van der Waals surface area contributed by atoms with Crippen molar-refractivity contribution in [1.29, 1.82) is 0 Å². The van der Waals surface area contributed by atoms with Gasteiger partial charge in [-0.05, 0) is 62.0 Å². The highest BCUT2D eigenvalue weighted by Crippen LogP contribution is 2.38. The monoisotopic (exact) mass is 623 g/mol. The maximum Gasteiger partial charge on any atom is 0.243 e. The van der Waals surface area contributed by atoms with Crippen molar-refractivity contribution >= 4 is 42.4 Å². The molecule has 2 aliphatic heterocycles. The molecule has 13 heteroatoms. The number of hydrogen-bond donors (Lipinski definition) is 3. The topological polar surface area (TPSA) is 134 Å². The SMILES string of the molecule is CNS(=O)(=O)c1cccc(OCC(O)CNC2COC3(CCN(S(=O)(=O)c4ccc5c(Cl)cccc5c4)CC3)C2)c1. The van der Waals surface area contributed by atoms with Crippen molar-refractivity contribution in [2.24, 2.45) is 0 Å². The van der Waals surface area contributed by atoms with Gasteiger partial charge in [0.2, 0.25) is 20.0 Å². The van der Waals surface area contributed by atoms with E-state index in [1.165, 1.54) is 23.5 Å². The molecule has 0 aromatic heterocycles. The van der Waals surface area contributed by atoms with Crippen LogP contribution in [0.2, 0.25) is 5.02 Å². The van der Waals surface area contributed by atoms with Gasteiger partial charge in [0.15, 0.2) is 0 Å². The van der Waals surface area contributed by atoms with Gasteiger partial charge in [0.25, 0.3) is 0 Å².